The van der Waals surface area contributed by atoms with Crippen LogP contribution in [0.2, 0.25) is 0 Å². The molecule has 0 unspecified atom stereocenters. The van der Waals surface area contributed by atoms with Crippen molar-refractivity contribution in [2.75, 3.05) is 11.9 Å². The van der Waals surface area contributed by atoms with Gasteiger partial charge in [-0.15, -0.1) is 11.3 Å². The van der Waals surface area contributed by atoms with E-state index in [4.69, 9.17) is 0 Å². The topological polar surface area (TPSA) is 58.2 Å². The summed E-state index contributed by atoms with van der Waals surface area (Å²) < 4.78 is 0. The summed E-state index contributed by atoms with van der Waals surface area (Å²) in [5.41, 5.74) is 0. The van der Waals surface area contributed by atoms with Gasteiger partial charge in [-0.2, -0.15) is 0 Å². The molecule has 4 nitrogen and oxygen atoms in total. The average molecular weight is 280 g/mol. The fraction of sp³-hybridized carbons (Fsp3) is 0.571. The van der Waals surface area contributed by atoms with Crippen molar-refractivity contribution in [2.45, 2.75) is 33.1 Å². The smallest absolute Gasteiger partial charge is 0.261 e. The summed E-state index contributed by atoms with van der Waals surface area (Å²) in [6.07, 6.45) is 2.95. The molecule has 0 aromatic carbocycles. The number of amides is 2. The SMILES string of the molecule is CC(C)CCNC(=O)c1ccc(NC(=O)C2CC2)s1. The zero-order valence-corrected chi connectivity index (χ0v) is 12.2. The molecule has 1 aromatic heterocycles. The van der Waals surface area contributed by atoms with Crippen molar-refractivity contribution < 1.29 is 9.59 Å². The molecule has 1 heterocycles. The van der Waals surface area contributed by atoms with E-state index in [1.807, 2.05) is 0 Å². The molecule has 0 saturated heterocycles. The number of anilines is 1. The maximum atomic E-state index is 11.9. The second kappa shape index (κ2) is 6.19. The van der Waals surface area contributed by atoms with Crippen LogP contribution in [0.4, 0.5) is 5.00 Å². The van der Waals surface area contributed by atoms with Crippen LogP contribution in [0.3, 0.4) is 0 Å². The largest absolute Gasteiger partial charge is 0.351 e. The van der Waals surface area contributed by atoms with Gasteiger partial charge in [0.2, 0.25) is 5.91 Å². The first-order chi connectivity index (χ1) is 9.06. The Hall–Kier alpha value is -1.36. The van der Waals surface area contributed by atoms with Crippen molar-refractivity contribution in [1.29, 1.82) is 0 Å². The Labute approximate surface area is 117 Å². The van der Waals surface area contributed by atoms with Gasteiger partial charge in [0, 0.05) is 12.5 Å². The van der Waals surface area contributed by atoms with E-state index in [0.717, 1.165) is 24.3 Å². The number of thiophene rings is 1. The molecule has 0 spiro atoms. The summed E-state index contributed by atoms with van der Waals surface area (Å²) in [4.78, 5) is 24.1. The number of hydrogen-bond acceptors (Lipinski definition) is 3. The highest BCUT2D eigenvalue weighted by atomic mass is 32.1. The first kappa shape index (κ1) is 14.1. The van der Waals surface area contributed by atoms with Gasteiger partial charge in [0.1, 0.15) is 0 Å². The Kier molecular flexibility index (Phi) is 4.58. The second-order valence-electron chi connectivity index (χ2n) is 5.37. The molecule has 2 amide bonds. The fourth-order valence-corrected chi connectivity index (χ4v) is 2.48. The molecule has 1 aliphatic rings. The highest BCUT2D eigenvalue weighted by molar-refractivity contribution is 7.18. The van der Waals surface area contributed by atoms with E-state index < -0.39 is 0 Å². The minimum absolute atomic E-state index is 0.0578. The Bertz CT molecular complexity index is 464. The van der Waals surface area contributed by atoms with Crippen molar-refractivity contribution in [2.24, 2.45) is 11.8 Å². The van der Waals surface area contributed by atoms with Crippen LogP contribution in [0.15, 0.2) is 12.1 Å². The Morgan fingerprint density at radius 3 is 2.74 bits per heavy atom. The Morgan fingerprint density at radius 2 is 2.11 bits per heavy atom. The summed E-state index contributed by atoms with van der Waals surface area (Å²) in [6.45, 7) is 4.95. The third-order valence-electron chi connectivity index (χ3n) is 3.03. The van der Waals surface area contributed by atoms with Crippen LogP contribution >= 0.6 is 11.3 Å². The summed E-state index contributed by atoms with van der Waals surface area (Å²) in [7, 11) is 0. The van der Waals surface area contributed by atoms with E-state index in [1.54, 1.807) is 12.1 Å². The number of carbonyl (C=O) groups excluding carboxylic acids is 2. The molecule has 1 aromatic rings. The van der Waals surface area contributed by atoms with Gasteiger partial charge < -0.3 is 10.6 Å². The van der Waals surface area contributed by atoms with Crippen LogP contribution in [0.25, 0.3) is 0 Å². The quantitative estimate of drug-likeness (QED) is 0.841. The van der Waals surface area contributed by atoms with Crippen molar-refractivity contribution in [3.8, 4) is 0 Å². The molecule has 19 heavy (non-hydrogen) atoms. The monoisotopic (exact) mass is 280 g/mol. The van der Waals surface area contributed by atoms with Gasteiger partial charge in [-0.3, -0.25) is 9.59 Å². The van der Waals surface area contributed by atoms with Gasteiger partial charge >= 0.3 is 0 Å². The lowest BCUT2D eigenvalue weighted by atomic mass is 10.1. The van der Waals surface area contributed by atoms with Gasteiger partial charge in [-0.05, 0) is 37.3 Å². The minimum atomic E-state index is -0.0578. The fourth-order valence-electron chi connectivity index (χ4n) is 1.66. The number of carbonyl (C=O) groups is 2. The summed E-state index contributed by atoms with van der Waals surface area (Å²) in [6, 6.07) is 3.56. The van der Waals surface area contributed by atoms with Gasteiger partial charge in [0.05, 0.1) is 9.88 Å². The van der Waals surface area contributed by atoms with Gasteiger partial charge in [0.25, 0.3) is 5.91 Å². The van der Waals surface area contributed by atoms with Crippen LogP contribution in [-0.4, -0.2) is 18.4 Å². The minimum Gasteiger partial charge on any atom is -0.351 e. The standard InChI is InChI=1S/C14H20N2O2S/c1-9(2)7-8-15-14(18)11-5-6-12(19-11)16-13(17)10-3-4-10/h5-6,9-10H,3-4,7-8H2,1-2H3,(H,15,18)(H,16,17). The predicted molar refractivity (Wildman–Crippen MR) is 77.5 cm³/mol. The first-order valence-corrected chi connectivity index (χ1v) is 7.57. The lowest BCUT2D eigenvalue weighted by molar-refractivity contribution is -0.117. The zero-order chi connectivity index (χ0) is 13.8. The highest BCUT2D eigenvalue weighted by Gasteiger charge is 2.29. The first-order valence-electron chi connectivity index (χ1n) is 6.75. The van der Waals surface area contributed by atoms with Crippen LogP contribution < -0.4 is 10.6 Å². The molecule has 1 fully saturated rings. The lowest BCUT2D eigenvalue weighted by Crippen LogP contribution is -2.24. The molecule has 0 aliphatic heterocycles. The second-order valence-corrected chi connectivity index (χ2v) is 6.45. The van der Waals surface area contributed by atoms with Gasteiger partial charge in [-0.25, -0.2) is 0 Å². The molecular formula is C14H20N2O2S. The van der Waals surface area contributed by atoms with Crippen molar-refractivity contribution in [1.82, 2.24) is 5.32 Å². The molecule has 1 aliphatic carbocycles. The normalized spacial score (nSPS) is 14.5. The van der Waals surface area contributed by atoms with E-state index >= 15 is 0 Å². The van der Waals surface area contributed by atoms with Crippen molar-refractivity contribution in [3.05, 3.63) is 17.0 Å². The van der Waals surface area contributed by atoms with Crippen molar-refractivity contribution in [3.63, 3.8) is 0 Å². The number of rotatable bonds is 6. The molecular weight excluding hydrogens is 260 g/mol. The highest BCUT2D eigenvalue weighted by Crippen LogP contribution is 2.31. The third-order valence-corrected chi connectivity index (χ3v) is 4.03. The number of hydrogen-bond donors (Lipinski definition) is 2. The Balaban J connectivity index is 1.81. The summed E-state index contributed by atoms with van der Waals surface area (Å²) in [5.74, 6) is 0.786. The molecule has 2 N–H and O–H groups in total. The van der Waals surface area contributed by atoms with Crippen LogP contribution in [-0.2, 0) is 4.79 Å². The average Bonchev–Trinajstić information content (AvgIpc) is 3.10. The predicted octanol–water partition coefficient (Wildman–Crippen LogP) is 2.87. The lowest BCUT2D eigenvalue weighted by Gasteiger charge is -2.05. The van der Waals surface area contributed by atoms with Gasteiger partial charge in [-0.1, -0.05) is 13.8 Å². The Morgan fingerprint density at radius 1 is 1.37 bits per heavy atom. The third kappa shape index (κ3) is 4.35. The molecule has 1 saturated carbocycles. The molecule has 104 valence electrons. The zero-order valence-electron chi connectivity index (χ0n) is 11.4. The molecule has 5 heteroatoms. The van der Waals surface area contributed by atoms with Crippen molar-refractivity contribution >= 4 is 28.2 Å². The van der Waals surface area contributed by atoms with Crippen LogP contribution in [0.1, 0.15) is 42.8 Å². The van der Waals surface area contributed by atoms with E-state index in [-0.39, 0.29) is 17.7 Å². The van der Waals surface area contributed by atoms with E-state index in [2.05, 4.69) is 24.5 Å². The van der Waals surface area contributed by atoms with E-state index in [1.165, 1.54) is 11.3 Å². The maximum Gasteiger partial charge on any atom is 0.261 e. The number of nitrogens with one attached hydrogen (secondary N) is 2. The molecule has 0 bridgehead atoms. The van der Waals surface area contributed by atoms with E-state index in [0.29, 0.717) is 17.3 Å². The maximum absolute atomic E-state index is 11.9. The summed E-state index contributed by atoms with van der Waals surface area (Å²) >= 11 is 1.33. The van der Waals surface area contributed by atoms with Crippen LogP contribution in [0, 0.1) is 11.8 Å². The van der Waals surface area contributed by atoms with E-state index in [9.17, 15) is 9.59 Å². The molecule has 0 radical (unpaired) electrons. The van der Waals surface area contributed by atoms with Gasteiger partial charge in [0.15, 0.2) is 0 Å². The molecule has 2 rings (SSSR count). The summed E-state index contributed by atoms with van der Waals surface area (Å²) in [5, 5.41) is 6.50. The van der Waals surface area contributed by atoms with Crippen LogP contribution in [0.5, 0.6) is 0 Å². The molecule has 0 atom stereocenters.